The van der Waals surface area contributed by atoms with Gasteiger partial charge in [0, 0.05) is 6.61 Å². The average Bonchev–Trinajstić information content (AvgIpc) is 2.68. The normalized spacial score (nSPS) is 38.8. The Morgan fingerprint density at radius 2 is 2.29 bits per heavy atom. The Morgan fingerprint density at radius 1 is 1.36 bits per heavy atom. The van der Waals surface area contributed by atoms with Crippen molar-refractivity contribution in [2.45, 2.75) is 44.1 Å². The van der Waals surface area contributed by atoms with E-state index in [2.05, 4.69) is 5.32 Å². The largest absolute Gasteiger partial charge is 0.396 e. The first-order valence-corrected chi connectivity index (χ1v) is 5.51. The Balaban J connectivity index is 1.76. The third-order valence-corrected chi connectivity index (χ3v) is 2.90. The molecule has 0 radical (unpaired) electrons. The molecule has 0 amide bonds. The van der Waals surface area contributed by atoms with E-state index >= 15 is 0 Å². The summed E-state index contributed by atoms with van der Waals surface area (Å²) in [5.74, 6) is 0. The molecule has 2 fully saturated rings. The molecule has 0 spiro atoms. The number of nitrogens with one attached hydrogen (secondary N) is 1. The van der Waals surface area contributed by atoms with E-state index in [-0.39, 0.29) is 19.0 Å². The minimum atomic E-state index is -0.0909. The molecule has 3 atom stereocenters. The van der Waals surface area contributed by atoms with E-state index in [0.29, 0.717) is 19.1 Å². The van der Waals surface area contributed by atoms with Crippen LogP contribution in [0.25, 0.3) is 0 Å². The summed E-state index contributed by atoms with van der Waals surface area (Å²) in [6.07, 6.45) is 4.33. The summed E-state index contributed by atoms with van der Waals surface area (Å²) in [4.78, 5) is 0. The van der Waals surface area contributed by atoms with E-state index in [9.17, 15) is 0 Å². The van der Waals surface area contributed by atoms with Gasteiger partial charge in [-0.15, -0.1) is 0 Å². The van der Waals surface area contributed by atoms with Crippen molar-refractivity contribution in [3.8, 4) is 0 Å². The van der Waals surface area contributed by atoms with Crippen LogP contribution < -0.4 is 5.32 Å². The van der Waals surface area contributed by atoms with Crippen LogP contribution in [0, 0.1) is 0 Å². The Kier molecular flexibility index (Phi) is 3.75. The van der Waals surface area contributed by atoms with Crippen LogP contribution in [0.1, 0.15) is 25.7 Å². The van der Waals surface area contributed by atoms with Gasteiger partial charge in [0.2, 0.25) is 0 Å². The van der Waals surface area contributed by atoms with Gasteiger partial charge in [0.25, 0.3) is 0 Å². The van der Waals surface area contributed by atoms with E-state index in [1.807, 2.05) is 0 Å². The van der Waals surface area contributed by atoms with Gasteiger partial charge in [-0.3, -0.25) is 0 Å². The molecule has 4 nitrogen and oxygen atoms in total. The first-order valence-electron chi connectivity index (χ1n) is 5.51. The highest BCUT2D eigenvalue weighted by Gasteiger charge is 2.32. The van der Waals surface area contributed by atoms with E-state index in [1.165, 1.54) is 12.8 Å². The van der Waals surface area contributed by atoms with Gasteiger partial charge in [-0.1, -0.05) is 6.42 Å². The standard InChI is InChI=1S/C10H19NO3/c12-6-4-8-7-13-10(14-8)9-3-1-2-5-11-9/h8-12H,1-7H2. The summed E-state index contributed by atoms with van der Waals surface area (Å²) in [6, 6.07) is 0.354. The lowest BCUT2D eigenvalue weighted by atomic mass is 10.0. The molecule has 0 aromatic heterocycles. The fourth-order valence-electron chi connectivity index (χ4n) is 2.09. The predicted octanol–water partition coefficient (Wildman–Crippen LogP) is 0.252. The van der Waals surface area contributed by atoms with Crippen LogP contribution in [0.3, 0.4) is 0 Å². The molecule has 0 bridgehead atoms. The second-order valence-electron chi connectivity index (χ2n) is 4.03. The molecule has 2 aliphatic rings. The maximum atomic E-state index is 8.77. The lowest BCUT2D eigenvalue weighted by molar-refractivity contribution is -0.0876. The van der Waals surface area contributed by atoms with Crippen molar-refractivity contribution >= 4 is 0 Å². The zero-order valence-corrected chi connectivity index (χ0v) is 8.45. The summed E-state index contributed by atoms with van der Waals surface area (Å²) in [6.45, 7) is 1.88. The number of piperidine rings is 1. The molecule has 0 aromatic carbocycles. The maximum Gasteiger partial charge on any atom is 0.173 e. The molecule has 2 rings (SSSR count). The quantitative estimate of drug-likeness (QED) is 0.687. The molecule has 2 N–H and O–H groups in total. The van der Waals surface area contributed by atoms with Gasteiger partial charge >= 0.3 is 0 Å². The van der Waals surface area contributed by atoms with Gasteiger partial charge in [0.15, 0.2) is 6.29 Å². The van der Waals surface area contributed by atoms with Crippen LogP contribution in [0.2, 0.25) is 0 Å². The molecule has 3 unspecified atom stereocenters. The van der Waals surface area contributed by atoms with E-state index in [4.69, 9.17) is 14.6 Å². The highest BCUT2D eigenvalue weighted by atomic mass is 16.7. The summed E-state index contributed by atoms with van der Waals surface area (Å²) in [5, 5.41) is 12.2. The van der Waals surface area contributed by atoms with Crippen molar-refractivity contribution < 1.29 is 14.6 Å². The number of ether oxygens (including phenoxy) is 2. The van der Waals surface area contributed by atoms with E-state index < -0.39 is 0 Å². The Hall–Kier alpha value is -0.160. The van der Waals surface area contributed by atoms with Crippen LogP contribution >= 0.6 is 0 Å². The zero-order valence-electron chi connectivity index (χ0n) is 8.45. The molecule has 0 aromatic rings. The van der Waals surface area contributed by atoms with Crippen molar-refractivity contribution in [3.05, 3.63) is 0 Å². The van der Waals surface area contributed by atoms with Gasteiger partial charge in [0.05, 0.1) is 18.8 Å². The number of aliphatic hydroxyl groups is 1. The third kappa shape index (κ3) is 2.45. The number of hydrogen-bond donors (Lipinski definition) is 2. The molecule has 0 saturated carbocycles. The highest BCUT2D eigenvalue weighted by molar-refractivity contribution is 4.79. The monoisotopic (exact) mass is 201 g/mol. The van der Waals surface area contributed by atoms with Crippen molar-refractivity contribution in [3.63, 3.8) is 0 Å². The fraction of sp³-hybridized carbons (Fsp3) is 1.00. The molecule has 4 heteroatoms. The molecule has 2 aliphatic heterocycles. The van der Waals surface area contributed by atoms with Crippen molar-refractivity contribution in [1.82, 2.24) is 5.32 Å². The summed E-state index contributed by atoms with van der Waals surface area (Å²) in [7, 11) is 0. The highest BCUT2D eigenvalue weighted by Crippen LogP contribution is 2.21. The molecule has 2 heterocycles. The summed E-state index contributed by atoms with van der Waals surface area (Å²) >= 11 is 0. The third-order valence-electron chi connectivity index (χ3n) is 2.90. The number of hydrogen-bond acceptors (Lipinski definition) is 4. The fourth-order valence-corrected chi connectivity index (χ4v) is 2.09. The van der Waals surface area contributed by atoms with Crippen LogP contribution in [0.15, 0.2) is 0 Å². The molecular formula is C10H19NO3. The first kappa shape index (κ1) is 10.4. The SMILES string of the molecule is OCCC1COC(C2CCCCN2)O1. The zero-order chi connectivity index (χ0) is 9.80. The predicted molar refractivity (Wildman–Crippen MR) is 52.0 cm³/mol. The topological polar surface area (TPSA) is 50.7 Å². The van der Waals surface area contributed by atoms with Gasteiger partial charge in [-0.25, -0.2) is 0 Å². The Bertz CT molecular complexity index is 171. The molecule has 2 saturated heterocycles. The smallest absolute Gasteiger partial charge is 0.173 e. The van der Waals surface area contributed by atoms with Crippen LogP contribution in [0.5, 0.6) is 0 Å². The van der Waals surface area contributed by atoms with Gasteiger partial charge in [-0.2, -0.15) is 0 Å². The van der Waals surface area contributed by atoms with Crippen LogP contribution in [-0.2, 0) is 9.47 Å². The number of aliphatic hydroxyl groups excluding tert-OH is 1. The van der Waals surface area contributed by atoms with Crippen molar-refractivity contribution in [2.24, 2.45) is 0 Å². The molecule has 0 aliphatic carbocycles. The van der Waals surface area contributed by atoms with Crippen LogP contribution in [-0.4, -0.2) is 43.3 Å². The lowest BCUT2D eigenvalue weighted by Crippen LogP contribution is -2.43. The summed E-state index contributed by atoms with van der Waals surface area (Å²) in [5.41, 5.74) is 0. The second kappa shape index (κ2) is 5.07. The van der Waals surface area contributed by atoms with Gasteiger partial charge < -0.3 is 19.9 Å². The van der Waals surface area contributed by atoms with E-state index in [1.54, 1.807) is 0 Å². The average molecular weight is 201 g/mol. The van der Waals surface area contributed by atoms with Crippen molar-refractivity contribution in [1.29, 1.82) is 0 Å². The second-order valence-corrected chi connectivity index (χ2v) is 4.03. The minimum absolute atomic E-state index is 0.0909. The van der Waals surface area contributed by atoms with Gasteiger partial charge in [0.1, 0.15) is 0 Å². The Morgan fingerprint density at radius 3 is 3.00 bits per heavy atom. The Labute approximate surface area is 84.6 Å². The van der Waals surface area contributed by atoms with Gasteiger partial charge in [-0.05, 0) is 25.8 Å². The van der Waals surface area contributed by atoms with Crippen LogP contribution in [0.4, 0.5) is 0 Å². The molecule has 82 valence electrons. The van der Waals surface area contributed by atoms with E-state index in [0.717, 1.165) is 13.0 Å². The lowest BCUT2D eigenvalue weighted by Gasteiger charge is -2.27. The molecular weight excluding hydrogens is 182 g/mol. The first-order chi connectivity index (χ1) is 6.90. The number of rotatable bonds is 3. The van der Waals surface area contributed by atoms with Crippen molar-refractivity contribution in [2.75, 3.05) is 19.8 Å². The maximum absolute atomic E-state index is 8.77. The summed E-state index contributed by atoms with van der Waals surface area (Å²) < 4.78 is 11.3. The molecule has 14 heavy (non-hydrogen) atoms. The minimum Gasteiger partial charge on any atom is -0.396 e.